The molecule has 3 aliphatic rings. The summed E-state index contributed by atoms with van der Waals surface area (Å²) in [6.07, 6.45) is 12.7. The second kappa shape index (κ2) is 17.2. The van der Waals surface area contributed by atoms with Crippen molar-refractivity contribution >= 4 is 52.4 Å². The summed E-state index contributed by atoms with van der Waals surface area (Å²) < 4.78 is 0. The summed E-state index contributed by atoms with van der Waals surface area (Å²) in [6, 6.07) is 0.976. The molecule has 2 heterocycles. The van der Waals surface area contributed by atoms with Crippen LogP contribution in [0.25, 0.3) is 0 Å². The quantitative estimate of drug-likeness (QED) is 0.290. The van der Waals surface area contributed by atoms with Crippen molar-refractivity contribution in [1.29, 1.82) is 10.8 Å². The molecule has 2 saturated heterocycles. The second-order valence-corrected chi connectivity index (χ2v) is 10.9. The molecule has 6 nitrogen and oxygen atoms in total. The van der Waals surface area contributed by atoms with Crippen LogP contribution < -0.4 is 5.32 Å². The number of unbranched alkanes of at least 4 members (excludes halogenated alkanes) is 1. The minimum absolute atomic E-state index is 0. The zero-order valence-electron chi connectivity index (χ0n) is 22.8. The highest BCUT2D eigenvalue weighted by Gasteiger charge is 2.37. The summed E-state index contributed by atoms with van der Waals surface area (Å²) in [7, 11) is 0. The average molecular weight is 549 g/mol. The summed E-state index contributed by atoms with van der Waals surface area (Å²) in [5, 5.41) is 20.5. The lowest BCUT2D eigenvalue weighted by Gasteiger charge is -2.31. The largest absolute Gasteiger partial charge is 0.354 e. The molecule has 208 valence electrons. The van der Waals surface area contributed by atoms with Crippen molar-refractivity contribution in [2.24, 2.45) is 17.8 Å². The van der Waals surface area contributed by atoms with E-state index < -0.39 is 0 Å². The third kappa shape index (κ3) is 9.44. The molecule has 0 bridgehead atoms. The average Bonchev–Trinajstić information content (AvgIpc) is 3.31. The fourth-order valence-corrected chi connectivity index (χ4v) is 5.83. The van der Waals surface area contributed by atoms with E-state index in [1.165, 1.54) is 51.4 Å². The Balaban J connectivity index is 0.00000385. The molecule has 9 heteroatoms. The van der Waals surface area contributed by atoms with E-state index in [-0.39, 0.29) is 40.5 Å². The highest BCUT2D eigenvalue weighted by Crippen LogP contribution is 2.28. The fourth-order valence-electron chi connectivity index (χ4n) is 5.83. The molecule has 3 fully saturated rings. The molecular weight excluding hydrogens is 493 g/mol. The van der Waals surface area contributed by atoms with Gasteiger partial charge in [0.15, 0.2) is 11.9 Å². The van der Waals surface area contributed by atoms with Gasteiger partial charge >= 0.3 is 0 Å². The first-order valence-corrected chi connectivity index (χ1v) is 13.6. The van der Waals surface area contributed by atoms with Crippen molar-refractivity contribution in [2.45, 2.75) is 104 Å². The summed E-state index contributed by atoms with van der Waals surface area (Å²) >= 11 is 0. The molecule has 0 aromatic rings. The standard InChI is InChI=1S/C26H50N6.3H2S/c1-5-20(3)17-32-24(21(4)6-2)19-30(26(32)28)15-11-10-14-23-16-29-25(27)31(23)18-22-12-8-7-9-13-22;;;/h20-24,28H,5-19H2,1-4H3,(H2,27,29);3*1H2/t20?,21?,23-,24+;;;/m0.../s1. The summed E-state index contributed by atoms with van der Waals surface area (Å²) in [5.74, 6) is 3.47. The molecule has 2 unspecified atom stereocenters. The van der Waals surface area contributed by atoms with Crippen LogP contribution >= 0.6 is 40.5 Å². The van der Waals surface area contributed by atoms with Crippen LogP contribution in [0.1, 0.15) is 91.9 Å². The van der Waals surface area contributed by atoms with Gasteiger partial charge in [-0.1, -0.05) is 59.8 Å². The lowest BCUT2D eigenvalue weighted by atomic mass is 9.88. The topological polar surface area (TPSA) is 69.5 Å². The van der Waals surface area contributed by atoms with Crippen LogP contribution in [0, 0.1) is 28.6 Å². The van der Waals surface area contributed by atoms with E-state index >= 15 is 0 Å². The molecule has 2 aliphatic heterocycles. The Morgan fingerprint density at radius 1 is 0.943 bits per heavy atom. The van der Waals surface area contributed by atoms with Gasteiger partial charge in [-0.15, -0.1) is 0 Å². The second-order valence-electron chi connectivity index (χ2n) is 10.9. The first-order valence-electron chi connectivity index (χ1n) is 13.6. The van der Waals surface area contributed by atoms with Crippen molar-refractivity contribution in [3.05, 3.63) is 0 Å². The Kier molecular flexibility index (Phi) is 17.0. The van der Waals surface area contributed by atoms with Gasteiger partial charge < -0.3 is 20.0 Å². The Hall–Kier alpha value is -0.410. The van der Waals surface area contributed by atoms with Crippen LogP contribution in [0.5, 0.6) is 0 Å². The molecule has 1 saturated carbocycles. The Morgan fingerprint density at radius 3 is 2.26 bits per heavy atom. The van der Waals surface area contributed by atoms with E-state index in [9.17, 15) is 0 Å². The third-order valence-electron chi connectivity index (χ3n) is 8.51. The summed E-state index contributed by atoms with van der Waals surface area (Å²) in [6.45, 7) is 14.3. The van der Waals surface area contributed by atoms with Gasteiger partial charge in [0.25, 0.3) is 0 Å². The predicted octanol–water partition coefficient (Wildman–Crippen LogP) is 5.30. The van der Waals surface area contributed by atoms with Gasteiger partial charge in [-0.25, -0.2) is 0 Å². The maximum Gasteiger partial charge on any atom is 0.194 e. The third-order valence-corrected chi connectivity index (χ3v) is 8.51. The molecule has 1 aliphatic carbocycles. The monoisotopic (exact) mass is 548 g/mol. The van der Waals surface area contributed by atoms with Crippen molar-refractivity contribution in [3.8, 4) is 0 Å². The SMILES string of the molecule is CCC(C)CN1C(=N)N(CCCC[C@H]2CNC(=N)N2CC2CCCCC2)C[C@@H]1C(C)CC.S.S.S. The van der Waals surface area contributed by atoms with Gasteiger partial charge in [0.05, 0.1) is 6.04 Å². The number of rotatable bonds is 12. The minimum Gasteiger partial charge on any atom is -0.354 e. The van der Waals surface area contributed by atoms with E-state index in [4.69, 9.17) is 10.8 Å². The molecule has 4 atom stereocenters. The van der Waals surface area contributed by atoms with Crippen molar-refractivity contribution in [3.63, 3.8) is 0 Å². The van der Waals surface area contributed by atoms with Gasteiger partial charge in [0, 0.05) is 38.8 Å². The molecule has 0 spiro atoms. The smallest absolute Gasteiger partial charge is 0.194 e. The molecule has 3 N–H and O–H groups in total. The Morgan fingerprint density at radius 2 is 1.63 bits per heavy atom. The lowest BCUT2D eigenvalue weighted by molar-refractivity contribution is 0.229. The normalized spacial score (nSPS) is 24.4. The first kappa shape index (κ1) is 34.6. The lowest BCUT2D eigenvalue weighted by Crippen LogP contribution is -2.41. The molecule has 0 aromatic carbocycles. The molecule has 0 radical (unpaired) electrons. The van der Waals surface area contributed by atoms with Gasteiger partial charge in [-0.3, -0.25) is 10.8 Å². The van der Waals surface area contributed by atoms with Crippen LogP contribution in [-0.4, -0.2) is 71.4 Å². The first-order chi connectivity index (χ1) is 15.4. The zero-order chi connectivity index (χ0) is 23.1. The van der Waals surface area contributed by atoms with E-state index in [1.54, 1.807) is 0 Å². The van der Waals surface area contributed by atoms with Crippen LogP contribution in [-0.2, 0) is 0 Å². The van der Waals surface area contributed by atoms with E-state index in [1.807, 2.05) is 0 Å². The van der Waals surface area contributed by atoms with Crippen LogP contribution in [0.15, 0.2) is 0 Å². The molecular formula is C26H56N6S3. The number of hydrogen-bond donors (Lipinski definition) is 3. The van der Waals surface area contributed by atoms with Gasteiger partial charge in [-0.2, -0.15) is 40.5 Å². The molecule has 0 amide bonds. The number of nitrogens with one attached hydrogen (secondary N) is 3. The highest BCUT2D eigenvalue weighted by atomic mass is 32.1. The van der Waals surface area contributed by atoms with E-state index in [0.29, 0.717) is 29.9 Å². The zero-order valence-corrected chi connectivity index (χ0v) is 25.8. The molecule has 35 heavy (non-hydrogen) atoms. The highest BCUT2D eigenvalue weighted by molar-refractivity contribution is 7.59. The Labute approximate surface area is 237 Å². The summed E-state index contributed by atoms with van der Waals surface area (Å²) in [4.78, 5) is 7.10. The van der Waals surface area contributed by atoms with Gasteiger partial charge in [0.1, 0.15) is 0 Å². The molecule has 3 rings (SSSR count). The van der Waals surface area contributed by atoms with E-state index in [0.717, 1.165) is 57.4 Å². The van der Waals surface area contributed by atoms with Crippen LogP contribution in [0.2, 0.25) is 0 Å². The van der Waals surface area contributed by atoms with Crippen molar-refractivity contribution in [1.82, 2.24) is 20.0 Å². The predicted molar refractivity (Wildman–Crippen MR) is 166 cm³/mol. The van der Waals surface area contributed by atoms with Crippen LogP contribution in [0.3, 0.4) is 0 Å². The van der Waals surface area contributed by atoms with Gasteiger partial charge in [-0.05, 0) is 49.9 Å². The Bertz CT molecular complexity index is 616. The van der Waals surface area contributed by atoms with Gasteiger partial charge in [0.2, 0.25) is 0 Å². The number of nitrogens with zero attached hydrogens (tertiary/aromatic N) is 3. The van der Waals surface area contributed by atoms with E-state index in [2.05, 4.69) is 47.7 Å². The summed E-state index contributed by atoms with van der Waals surface area (Å²) in [5.41, 5.74) is 0. The molecule has 0 aromatic heterocycles. The van der Waals surface area contributed by atoms with Crippen LogP contribution in [0.4, 0.5) is 0 Å². The number of guanidine groups is 2. The fraction of sp³-hybridized carbons (Fsp3) is 0.923. The number of hydrogen-bond acceptors (Lipinski definition) is 2. The maximum atomic E-state index is 8.84. The maximum absolute atomic E-state index is 8.84. The van der Waals surface area contributed by atoms with Crippen molar-refractivity contribution < 1.29 is 0 Å². The van der Waals surface area contributed by atoms with Crippen molar-refractivity contribution in [2.75, 3.05) is 32.7 Å². The minimum atomic E-state index is 0.